The molecular weight excluding hydrogens is 290 g/mol. The van der Waals surface area contributed by atoms with Crippen molar-refractivity contribution in [3.63, 3.8) is 0 Å². The Morgan fingerprint density at radius 3 is 2.71 bits per heavy atom. The van der Waals surface area contributed by atoms with Gasteiger partial charge in [-0.25, -0.2) is 8.78 Å². The molecule has 5 heteroatoms. The van der Waals surface area contributed by atoms with Gasteiger partial charge in [0.25, 0.3) is 0 Å². The second kappa shape index (κ2) is 6.23. The van der Waals surface area contributed by atoms with Gasteiger partial charge in [-0.15, -0.1) is 0 Å². The standard InChI is InChI=1S/C12H15BrF2N2/c1-3-7(2)6-10(17-16)8-4-5-9(14)12(15)11(8)13/h4-5,10,17H,2-3,6,16H2,1H3. The zero-order valence-electron chi connectivity index (χ0n) is 9.56. The van der Waals surface area contributed by atoms with Gasteiger partial charge in [-0.05, 0) is 40.4 Å². The highest BCUT2D eigenvalue weighted by atomic mass is 79.9. The summed E-state index contributed by atoms with van der Waals surface area (Å²) in [5.41, 5.74) is 4.17. The Balaban J connectivity index is 3.04. The smallest absolute Gasteiger partial charge is 0.173 e. The van der Waals surface area contributed by atoms with Gasteiger partial charge >= 0.3 is 0 Å². The molecule has 0 bridgehead atoms. The van der Waals surface area contributed by atoms with E-state index < -0.39 is 11.6 Å². The third kappa shape index (κ3) is 3.34. The summed E-state index contributed by atoms with van der Waals surface area (Å²) >= 11 is 3.04. The number of benzene rings is 1. The van der Waals surface area contributed by atoms with Gasteiger partial charge in [-0.2, -0.15) is 0 Å². The average molecular weight is 305 g/mol. The first kappa shape index (κ1) is 14.3. The van der Waals surface area contributed by atoms with Gasteiger partial charge < -0.3 is 0 Å². The van der Waals surface area contributed by atoms with E-state index in [9.17, 15) is 8.78 Å². The summed E-state index contributed by atoms with van der Waals surface area (Å²) in [6.07, 6.45) is 1.40. The van der Waals surface area contributed by atoms with E-state index in [1.165, 1.54) is 6.07 Å². The molecule has 17 heavy (non-hydrogen) atoms. The van der Waals surface area contributed by atoms with Crippen LogP contribution >= 0.6 is 15.9 Å². The van der Waals surface area contributed by atoms with Crippen LogP contribution in [0, 0.1) is 11.6 Å². The highest BCUT2D eigenvalue weighted by Gasteiger charge is 2.18. The van der Waals surface area contributed by atoms with E-state index >= 15 is 0 Å². The molecule has 0 fully saturated rings. The van der Waals surface area contributed by atoms with Crippen molar-refractivity contribution < 1.29 is 8.78 Å². The molecule has 94 valence electrons. The van der Waals surface area contributed by atoms with Gasteiger partial charge in [-0.3, -0.25) is 11.3 Å². The number of rotatable bonds is 5. The van der Waals surface area contributed by atoms with E-state index in [1.807, 2.05) is 6.92 Å². The van der Waals surface area contributed by atoms with E-state index in [-0.39, 0.29) is 10.5 Å². The Morgan fingerprint density at radius 1 is 1.53 bits per heavy atom. The first-order chi connectivity index (χ1) is 8.01. The third-order valence-electron chi connectivity index (χ3n) is 2.63. The van der Waals surface area contributed by atoms with Crippen molar-refractivity contribution in [2.45, 2.75) is 25.8 Å². The Morgan fingerprint density at radius 2 is 2.18 bits per heavy atom. The molecule has 0 amide bonds. The van der Waals surface area contributed by atoms with Crippen LogP contribution in [0.4, 0.5) is 8.78 Å². The maximum Gasteiger partial charge on any atom is 0.173 e. The number of hydrogen-bond acceptors (Lipinski definition) is 2. The van der Waals surface area contributed by atoms with E-state index in [0.717, 1.165) is 18.1 Å². The number of hydrogen-bond donors (Lipinski definition) is 2. The van der Waals surface area contributed by atoms with Crippen molar-refractivity contribution >= 4 is 15.9 Å². The Labute approximate surface area is 108 Å². The molecule has 0 aromatic heterocycles. The molecule has 1 atom stereocenters. The third-order valence-corrected chi connectivity index (χ3v) is 3.44. The number of hydrazine groups is 1. The SMILES string of the molecule is C=C(CC)CC(NN)c1ccc(F)c(F)c1Br. The van der Waals surface area contributed by atoms with E-state index in [1.54, 1.807) is 0 Å². The van der Waals surface area contributed by atoms with Crippen LogP contribution in [0.5, 0.6) is 0 Å². The summed E-state index contributed by atoms with van der Waals surface area (Å²) in [6, 6.07) is 2.32. The summed E-state index contributed by atoms with van der Waals surface area (Å²) in [5.74, 6) is 3.65. The summed E-state index contributed by atoms with van der Waals surface area (Å²) < 4.78 is 26.5. The van der Waals surface area contributed by atoms with Crippen molar-refractivity contribution in [3.05, 3.63) is 46.0 Å². The van der Waals surface area contributed by atoms with Crippen molar-refractivity contribution in [3.8, 4) is 0 Å². The van der Waals surface area contributed by atoms with E-state index in [4.69, 9.17) is 5.84 Å². The maximum absolute atomic E-state index is 13.4. The molecule has 0 radical (unpaired) electrons. The lowest BCUT2D eigenvalue weighted by molar-refractivity contribution is 0.490. The average Bonchev–Trinajstić information content (AvgIpc) is 2.33. The fourth-order valence-corrected chi connectivity index (χ4v) is 2.10. The van der Waals surface area contributed by atoms with Crippen LogP contribution in [0.2, 0.25) is 0 Å². The monoisotopic (exact) mass is 304 g/mol. The second-order valence-corrected chi connectivity index (χ2v) is 4.58. The molecule has 1 rings (SSSR count). The molecule has 0 aliphatic heterocycles. The first-order valence-corrected chi connectivity index (χ1v) is 6.06. The minimum atomic E-state index is -0.898. The molecule has 0 spiro atoms. The largest absolute Gasteiger partial charge is 0.271 e. The summed E-state index contributed by atoms with van der Waals surface area (Å²) in [6.45, 7) is 5.86. The molecule has 0 aliphatic rings. The lowest BCUT2D eigenvalue weighted by Crippen LogP contribution is -2.28. The van der Waals surface area contributed by atoms with Crippen LogP contribution < -0.4 is 11.3 Å². The van der Waals surface area contributed by atoms with Crippen molar-refractivity contribution in [1.29, 1.82) is 0 Å². The first-order valence-electron chi connectivity index (χ1n) is 5.27. The van der Waals surface area contributed by atoms with Gasteiger partial charge in [-0.1, -0.05) is 25.1 Å². The predicted molar refractivity (Wildman–Crippen MR) is 68.2 cm³/mol. The second-order valence-electron chi connectivity index (χ2n) is 3.79. The minimum Gasteiger partial charge on any atom is -0.271 e. The quantitative estimate of drug-likeness (QED) is 0.378. The zero-order valence-corrected chi connectivity index (χ0v) is 11.2. The van der Waals surface area contributed by atoms with Crippen LogP contribution in [-0.2, 0) is 0 Å². The Hall–Kier alpha value is -0.780. The fraction of sp³-hybridized carbons (Fsp3) is 0.333. The maximum atomic E-state index is 13.4. The molecule has 1 unspecified atom stereocenters. The van der Waals surface area contributed by atoms with Gasteiger partial charge in [0.15, 0.2) is 11.6 Å². The Kier molecular flexibility index (Phi) is 5.24. The molecule has 1 aromatic rings. The predicted octanol–water partition coefficient (Wildman–Crippen LogP) is 3.59. The Bertz CT molecular complexity index is 421. The molecular formula is C12H15BrF2N2. The molecule has 2 nitrogen and oxygen atoms in total. The molecule has 1 aromatic carbocycles. The van der Waals surface area contributed by atoms with Crippen LogP contribution in [0.3, 0.4) is 0 Å². The molecule has 0 aliphatic carbocycles. The highest BCUT2D eigenvalue weighted by Crippen LogP contribution is 2.30. The molecule has 0 saturated heterocycles. The number of nitrogens with two attached hydrogens (primary N) is 1. The van der Waals surface area contributed by atoms with E-state index in [2.05, 4.69) is 27.9 Å². The van der Waals surface area contributed by atoms with Gasteiger partial charge in [0.2, 0.25) is 0 Å². The summed E-state index contributed by atoms with van der Waals surface area (Å²) in [5, 5.41) is 0. The summed E-state index contributed by atoms with van der Waals surface area (Å²) in [7, 11) is 0. The number of nitrogens with one attached hydrogen (secondary N) is 1. The molecule has 0 heterocycles. The van der Waals surface area contributed by atoms with Crippen LogP contribution in [0.25, 0.3) is 0 Å². The number of halogens is 3. The van der Waals surface area contributed by atoms with Crippen LogP contribution in [-0.4, -0.2) is 0 Å². The minimum absolute atomic E-state index is 0.101. The summed E-state index contributed by atoms with van der Waals surface area (Å²) in [4.78, 5) is 0. The topological polar surface area (TPSA) is 38.0 Å². The van der Waals surface area contributed by atoms with Crippen molar-refractivity contribution in [1.82, 2.24) is 5.43 Å². The lowest BCUT2D eigenvalue weighted by atomic mass is 9.99. The van der Waals surface area contributed by atoms with Gasteiger partial charge in [0.05, 0.1) is 10.5 Å². The normalized spacial score (nSPS) is 12.5. The van der Waals surface area contributed by atoms with Crippen LogP contribution in [0.15, 0.2) is 28.8 Å². The van der Waals surface area contributed by atoms with Gasteiger partial charge in [0.1, 0.15) is 0 Å². The van der Waals surface area contributed by atoms with E-state index in [0.29, 0.717) is 12.0 Å². The highest BCUT2D eigenvalue weighted by molar-refractivity contribution is 9.10. The van der Waals surface area contributed by atoms with Gasteiger partial charge in [0, 0.05) is 0 Å². The lowest BCUT2D eigenvalue weighted by Gasteiger charge is -2.19. The van der Waals surface area contributed by atoms with Crippen molar-refractivity contribution in [2.24, 2.45) is 5.84 Å². The molecule has 3 N–H and O–H groups in total. The van der Waals surface area contributed by atoms with Crippen molar-refractivity contribution in [2.75, 3.05) is 0 Å². The zero-order chi connectivity index (χ0) is 13.0. The van der Waals surface area contributed by atoms with Crippen LogP contribution in [0.1, 0.15) is 31.4 Å². The molecule has 0 saturated carbocycles. The fourth-order valence-electron chi connectivity index (χ4n) is 1.50.